The van der Waals surface area contributed by atoms with E-state index in [0.29, 0.717) is 22.9 Å². The van der Waals surface area contributed by atoms with E-state index in [9.17, 15) is 19.7 Å². The number of hydrogen-bond donors (Lipinski definition) is 0. The summed E-state index contributed by atoms with van der Waals surface area (Å²) in [6, 6.07) is 12.6. The first kappa shape index (κ1) is 20.2. The quantitative estimate of drug-likeness (QED) is 0.248. The maximum Gasteiger partial charge on any atom is 0.359 e. The molecule has 0 radical (unpaired) electrons. The minimum atomic E-state index is -0.649. The van der Waals surface area contributed by atoms with Crippen molar-refractivity contribution in [3.8, 4) is 0 Å². The van der Waals surface area contributed by atoms with Crippen molar-refractivity contribution < 1.29 is 14.5 Å². The molecule has 1 aromatic heterocycles. The molecule has 0 saturated carbocycles. The third-order valence-electron chi connectivity index (χ3n) is 4.55. The van der Waals surface area contributed by atoms with Crippen LogP contribution in [0.1, 0.15) is 42.2 Å². The van der Waals surface area contributed by atoms with Gasteiger partial charge in [0.2, 0.25) is 0 Å². The molecule has 0 unspecified atom stereocenters. The summed E-state index contributed by atoms with van der Waals surface area (Å²) in [6.07, 6.45) is 2.76. The minimum absolute atomic E-state index is 0.0353. The topological polar surface area (TPSA) is 104 Å². The van der Waals surface area contributed by atoms with Crippen molar-refractivity contribution in [2.45, 2.75) is 39.3 Å². The normalized spacial score (nSPS) is 10.8. The first-order valence-corrected chi connectivity index (χ1v) is 9.41. The summed E-state index contributed by atoms with van der Waals surface area (Å²) in [6.45, 7) is 2.44. The Hall–Kier alpha value is -3.55. The van der Waals surface area contributed by atoms with Crippen molar-refractivity contribution >= 4 is 22.4 Å². The van der Waals surface area contributed by atoms with Crippen molar-refractivity contribution in [2.24, 2.45) is 0 Å². The first-order valence-electron chi connectivity index (χ1n) is 9.41. The lowest BCUT2D eigenvalue weighted by Gasteiger charge is -2.11. The molecule has 0 fully saturated rings. The average molecular weight is 395 g/mol. The zero-order valence-corrected chi connectivity index (χ0v) is 16.0. The second kappa shape index (κ2) is 9.09. The Bertz CT molecular complexity index is 1090. The van der Waals surface area contributed by atoms with Crippen molar-refractivity contribution in [1.29, 1.82) is 0 Å². The molecule has 2 aromatic carbocycles. The fraction of sp³-hybridized carbons (Fsp3) is 0.286. The number of aromatic nitrogens is 2. The van der Waals surface area contributed by atoms with Gasteiger partial charge in [-0.25, -0.2) is 9.48 Å². The van der Waals surface area contributed by atoms with Crippen LogP contribution in [0.5, 0.6) is 0 Å². The highest BCUT2D eigenvalue weighted by Gasteiger charge is 2.18. The molecule has 0 aliphatic rings. The summed E-state index contributed by atoms with van der Waals surface area (Å²) < 4.78 is 6.68. The number of ether oxygens (including phenoxy) is 1. The van der Waals surface area contributed by atoms with Gasteiger partial charge in [-0.15, -0.1) is 0 Å². The number of rotatable bonds is 8. The molecule has 0 atom stereocenters. The van der Waals surface area contributed by atoms with Crippen LogP contribution < -0.4 is 5.56 Å². The Balaban J connectivity index is 1.85. The number of nitro benzene ring substituents is 1. The largest absolute Gasteiger partial charge is 0.456 e. The number of nitro groups is 1. The van der Waals surface area contributed by atoms with E-state index in [1.54, 1.807) is 24.3 Å². The van der Waals surface area contributed by atoms with Crippen LogP contribution in [0.3, 0.4) is 0 Å². The van der Waals surface area contributed by atoms with Crippen LogP contribution in [0.15, 0.2) is 53.3 Å². The van der Waals surface area contributed by atoms with Crippen LogP contribution in [0.2, 0.25) is 0 Å². The first-order chi connectivity index (χ1) is 14.0. The van der Waals surface area contributed by atoms with Gasteiger partial charge in [0.15, 0.2) is 5.69 Å². The summed E-state index contributed by atoms with van der Waals surface area (Å²) in [5.41, 5.74) is 0.429. The number of unbranched alkanes of at least 4 members (excludes halogenated alkanes) is 2. The minimum Gasteiger partial charge on any atom is -0.456 e. The smallest absolute Gasteiger partial charge is 0.359 e. The number of hydrogen-bond acceptors (Lipinski definition) is 6. The van der Waals surface area contributed by atoms with E-state index in [1.807, 2.05) is 0 Å². The van der Waals surface area contributed by atoms with Crippen molar-refractivity contribution in [2.75, 3.05) is 0 Å². The van der Waals surface area contributed by atoms with Gasteiger partial charge in [-0.2, -0.15) is 5.10 Å². The lowest BCUT2D eigenvalue weighted by molar-refractivity contribution is -0.384. The standard InChI is InChI=1S/C21H21N3O5/c1-2-3-6-13-23-20(25)18-8-5-4-7-17(18)19(22-23)21(26)29-14-15-9-11-16(12-10-15)24(27)28/h4-5,7-12H,2-3,6,13-14H2,1H3. The molecule has 1 heterocycles. The average Bonchev–Trinajstić information content (AvgIpc) is 2.74. The molecule has 8 nitrogen and oxygen atoms in total. The van der Waals surface area contributed by atoms with E-state index in [2.05, 4.69) is 12.0 Å². The number of aryl methyl sites for hydroxylation is 1. The summed E-state index contributed by atoms with van der Waals surface area (Å²) in [5.74, 6) is -0.649. The number of esters is 1. The fourth-order valence-electron chi connectivity index (χ4n) is 2.98. The van der Waals surface area contributed by atoms with Gasteiger partial charge in [-0.3, -0.25) is 14.9 Å². The fourth-order valence-corrected chi connectivity index (χ4v) is 2.98. The van der Waals surface area contributed by atoms with E-state index in [4.69, 9.17) is 4.74 Å². The molecule has 0 aliphatic carbocycles. The molecular formula is C21H21N3O5. The van der Waals surface area contributed by atoms with Crippen LogP contribution in [0, 0.1) is 10.1 Å². The van der Waals surface area contributed by atoms with Gasteiger partial charge in [0, 0.05) is 24.1 Å². The summed E-state index contributed by atoms with van der Waals surface area (Å²) >= 11 is 0. The van der Waals surface area contributed by atoms with E-state index in [1.165, 1.54) is 28.9 Å². The van der Waals surface area contributed by atoms with Crippen LogP contribution in [0.4, 0.5) is 5.69 Å². The molecule has 8 heteroatoms. The van der Waals surface area contributed by atoms with Gasteiger partial charge in [-0.05, 0) is 30.2 Å². The number of benzene rings is 2. The molecule has 0 spiro atoms. The Morgan fingerprint density at radius 3 is 2.45 bits per heavy atom. The number of fused-ring (bicyclic) bond motifs is 1. The van der Waals surface area contributed by atoms with Gasteiger partial charge in [-0.1, -0.05) is 38.0 Å². The van der Waals surface area contributed by atoms with E-state index < -0.39 is 10.9 Å². The Kier molecular flexibility index (Phi) is 6.33. The predicted octanol–water partition coefficient (Wildman–Crippen LogP) is 3.85. The highest BCUT2D eigenvalue weighted by atomic mass is 16.6. The van der Waals surface area contributed by atoms with Crippen molar-refractivity contribution in [3.63, 3.8) is 0 Å². The molecule has 0 amide bonds. The van der Waals surface area contributed by atoms with E-state index in [-0.39, 0.29) is 23.5 Å². The third kappa shape index (κ3) is 4.66. The molecular weight excluding hydrogens is 374 g/mol. The molecule has 29 heavy (non-hydrogen) atoms. The van der Waals surface area contributed by atoms with Gasteiger partial charge in [0.1, 0.15) is 6.61 Å². The third-order valence-corrected chi connectivity index (χ3v) is 4.55. The Labute approximate surface area is 166 Å². The molecule has 3 rings (SSSR count). The van der Waals surface area contributed by atoms with Gasteiger partial charge < -0.3 is 4.74 Å². The number of nitrogens with zero attached hydrogens (tertiary/aromatic N) is 3. The molecule has 0 aliphatic heterocycles. The Morgan fingerprint density at radius 2 is 1.79 bits per heavy atom. The van der Waals surface area contributed by atoms with Gasteiger partial charge in [0.25, 0.3) is 11.2 Å². The molecule has 0 N–H and O–H groups in total. The van der Waals surface area contributed by atoms with Crippen LogP contribution >= 0.6 is 0 Å². The molecule has 3 aromatic rings. The lowest BCUT2D eigenvalue weighted by Crippen LogP contribution is -2.26. The van der Waals surface area contributed by atoms with E-state index >= 15 is 0 Å². The monoisotopic (exact) mass is 395 g/mol. The van der Waals surface area contributed by atoms with Gasteiger partial charge in [0.05, 0.1) is 10.3 Å². The zero-order chi connectivity index (χ0) is 20.8. The second-order valence-electron chi connectivity index (χ2n) is 6.63. The number of carbonyl (C=O) groups is 1. The summed E-state index contributed by atoms with van der Waals surface area (Å²) in [5, 5.41) is 15.8. The predicted molar refractivity (Wildman–Crippen MR) is 108 cm³/mol. The highest BCUT2D eigenvalue weighted by Crippen LogP contribution is 2.17. The molecule has 0 bridgehead atoms. The Morgan fingerprint density at radius 1 is 1.10 bits per heavy atom. The zero-order valence-electron chi connectivity index (χ0n) is 16.0. The maximum absolute atomic E-state index is 12.7. The van der Waals surface area contributed by atoms with Crippen LogP contribution in [-0.4, -0.2) is 20.7 Å². The lowest BCUT2D eigenvalue weighted by atomic mass is 10.1. The van der Waals surface area contributed by atoms with Crippen LogP contribution in [-0.2, 0) is 17.9 Å². The van der Waals surface area contributed by atoms with E-state index in [0.717, 1.165) is 19.3 Å². The SMILES string of the molecule is CCCCCn1nc(C(=O)OCc2ccc([N+](=O)[O-])cc2)c2ccccc2c1=O. The molecule has 0 saturated heterocycles. The van der Waals surface area contributed by atoms with Crippen molar-refractivity contribution in [1.82, 2.24) is 9.78 Å². The van der Waals surface area contributed by atoms with Crippen LogP contribution in [0.25, 0.3) is 10.8 Å². The van der Waals surface area contributed by atoms with Crippen molar-refractivity contribution in [3.05, 3.63) is 80.3 Å². The summed E-state index contributed by atoms with van der Waals surface area (Å²) in [4.78, 5) is 35.6. The highest BCUT2D eigenvalue weighted by molar-refractivity contribution is 6.02. The molecule has 150 valence electrons. The number of non-ortho nitro benzene ring substituents is 1. The summed E-state index contributed by atoms with van der Waals surface area (Å²) in [7, 11) is 0. The second-order valence-corrected chi connectivity index (χ2v) is 6.63. The maximum atomic E-state index is 12.7. The number of carbonyl (C=O) groups excluding carboxylic acids is 1. The van der Waals surface area contributed by atoms with Gasteiger partial charge >= 0.3 is 5.97 Å².